The first kappa shape index (κ1) is 15.7. The van der Waals surface area contributed by atoms with E-state index in [4.69, 9.17) is 5.26 Å². The summed E-state index contributed by atoms with van der Waals surface area (Å²) in [7, 11) is -1.90. The predicted octanol–water partition coefficient (Wildman–Crippen LogP) is 1.94. The lowest BCUT2D eigenvalue weighted by molar-refractivity contribution is 0.460. The van der Waals surface area contributed by atoms with Crippen LogP contribution in [0.3, 0.4) is 0 Å². The Hall–Kier alpha value is -2.17. The second-order valence-corrected chi connectivity index (χ2v) is 8.11. The number of sulfonamides is 1. The summed E-state index contributed by atoms with van der Waals surface area (Å²) in [6.07, 6.45) is 4.82. The molecule has 0 atom stereocenters. The molecule has 0 unspecified atom stereocenters. The number of para-hydroxylation sites is 1. The third kappa shape index (κ3) is 3.44. The monoisotopic (exact) mass is 330 g/mol. The summed E-state index contributed by atoms with van der Waals surface area (Å²) >= 11 is 0. The van der Waals surface area contributed by atoms with E-state index in [2.05, 4.69) is 11.2 Å². The highest BCUT2D eigenvalue weighted by Gasteiger charge is 2.47. The molecule has 23 heavy (non-hydrogen) atoms. The lowest BCUT2D eigenvalue weighted by atomic mass is 10.2. The second-order valence-electron chi connectivity index (χ2n) is 6.03. The van der Waals surface area contributed by atoms with Crippen molar-refractivity contribution in [1.29, 1.82) is 5.26 Å². The van der Waals surface area contributed by atoms with Crippen molar-refractivity contribution >= 4 is 10.0 Å². The van der Waals surface area contributed by atoms with Crippen LogP contribution in [-0.2, 0) is 16.6 Å². The van der Waals surface area contributed by atoms with Crippen LogP contribution < -0.4 is 0 Å². The molecule has 1 aliphatic rings. The van der Waals surface area contributed by atoms with Crippen LogP contribution in [0.25, 0.3) is 5.69 Å². The van der Waals surface area contributed by atoms with Gasteiger partial charge in [0.15, 0.2) is 0 Å². The third-order valence-electron chi connectivity index (χ3n) is 4.09. The fraction of sp³-hybridized carbons (Fsp3) is 0.375. The zero-order valence-electron chi connectivity index (χ0n) is 12.9. The quantitative estimate of drug-likeness (QED) is 0.811. The molecule has 0 saturated heterocycles. The number of nitriles is 1. The number of benzene rings is 1. The molecule has 1 aromatic heterocycles. The average molecular weight is 330 g/mol. The van der Waals surface area contributed by atoms with E-state index in [9.17, 15) is 8.42 Å². The zero-order valence-corrected chi connectivity index (χ0v) is 13.7. The van der Waals surface area contributed by atoms with E-state index in [0.29, 0.717) is 12.8 Å². The minimum absolute atomic E-state index is 0.0974. The van der Waals surface area contributed by atoms with Crippen LogP contribution in [0.1, 0.15) is 18.4 Å². The predicted molar refractivity (Wildman–Crippen MR) is 86.1 cm³/mol. The van der Waals surface area contributed by atoms with Gasteiger partial charge in [-0.3, -0.25) is 0 Å². The molecular weight excluding hydrogens is 312 g/mol. The van der Waals surface area contributed by atoms with Gasteiger partial charge >= 0.3 is 0 Å². The van der Waals surface area contributed by atoms with Crippen molar-refractivity contribution in [3.63, 3.8) is 0 Å². The van der Waals surface area contributed by atoms with E-state index in [1.807, 2.05) is 36.5 Å². The molecule has 0 bridgehead atoms. The van der Waals surface area contributed by atoms with E-state index in [1.165, 1.54) is 4.31 Å². The summed E-state index contributed by atoms with van der Waals surface area (Å²) in [5, 5.41) is 13.3. The van der Waals surface area contributed by atoms with Gasteiger partial charge in [0, 0.05) is 25.4 Å². The first-order valence-corrected chi connectivity index (χ1v) is 8.99. The maximum Gasteiger partial charge on any atom is 0.215 e. The molecule has 120 valence electrons. The zero-order chi connectivity index (χ0) is 16.5. The van der Waals surface area contributed by atoms with Crippen molar-refractivity contribution < 1.29 is 8.42 Å². The Morgan fingerprint density at radius 1 is 1.35 bits per heavy atom. The smallest absolute Gasteiger partial charge is 0.215 e. The number of aromatic nitrogens is 2. The van der Waals surface area contributed by atoms with Gasteiger partial charge in [0.2, 0.25) is 10.0 Å². The van der Waals surface area contributed by atoms with Crippen LogP contribution >= 0.6 is 0 Å². The number of hydrogen-bond donors (Lipinski definition) is 0. The summed E-state index contributed by atoms with van der Waals surface area (Å²) in [4.78, 5) is 0. The van der Waals surface area contributed by atoms with Gasteiger partial charge in [-0.1, -0.05) is 18.2 Å². The fourth-order valence-corrected chi connectivity index (χ4v) is 4.04. The van der Waals surface area contributed by atoms with E-state index >= 15 is 0 Å². The van der Waals surface area contributed by atoms with Crippen molar-refractivity contribution in [3.05, 3.63) is 48.3 Å². The summed E-state index contributed by atoms with van der Waals surface area (Å²) in [5.74, 6) is -0.0974. The SMILES string of the molecule is CN(Cc1cnn(-c2ccccc2)c1)S(=O)(=O)CC1(C#N)CC1. The molecule has 0 N–H and O–H groups in total. The van der Waals surface area contributed by atoms with Crippen LogP contribution in [0, 0.1) is 16.7 Å². The first-order valence-electron chi connectivity index (χ1n) is 7.38. The highest BCUT2D eigenvalue weighted by atomic mass is 32.2. The summed E-state index contributed by atoms with van der Waals surface area (Å²) in [6, 6.07) is 11.8. The maximum atomic E-state index is 12.4. The van der Waals surface area contributed by atoms with Gasteiger partial charge in [-0.05, 0) is 25.0 Å². The van der Waals surface area contributed by atoms with Crippen molar-refractivity contribution in [1.82, 2.24) is 14.1 Å². The molecule has 1 heterocycles. The number of hydrogen-bond acceptors (Lipinski definition) is 4. The minimum atomic E-state index is -3.45. The second kappa shape index (κ2) is 5.80. The van der Waals surface area contributed by atoms with Gasteiger partial charge in [-0.15, -0.1) is 0 Å². The van der Waals surface area contributed by atoms with Crippen LogP contribution in [0.15, 0.2) is 42.7 Å². The Labute approximate surface area is 136 Å². The third-order valence-corrected chi connectivity index (χ3v) is 6.08. The highest BCUT2D eigenvalue weighted by molar-refractivity contribution is 7.89. The van der Waals surface area contributed by atoms with E-state index in [1.54, 1.807) is 17.9 Å². The van der Waals surface area contributed by atoms with Crippen molar-refractivity contribution in [2.45, 2.75) is 19.4 Å². The van der Waals surface area contributed by atoms with Crippen LogP contribution in [0.4, 0.5) is 0 Å². The molecule has 0 radical (unpaired) electrons. The standard InChI is InChI=1S/C16H18N4O2S/c1-19(23(21,22)13-16(12-17)7-8-16)10-14-9-18-20(11-14)15-5-3-2-4-6-15/h2-6,9,11H,7-8,10,13H2,1H3. The van der Waals surface area contributed by atoms with Gasteiger partial charge in [0.1, 0.15) is 0 Å². The Balaban J connectivity index is 1.70. The van der Waals surface area contributed by atoms with Crippen molar-refractivity contribution in [2.75, 3.05) is 12.8 Å². The summed E-state index contributed by atoms with van der Waals surface area (Å²) < 4.78 is 27.8. The normalized spacial score (nSPS) is 16.2. The minimum Gasteiger partial charge on any atom is -0.241 e. The lowest BCUT2D eigenvalue weighted by Gasteiger charge is -2.17. The maximum absolute atomic E-state index is 12.4. The van der Waals surface area contributed by atoms with E-state index in [0.717, 1.165) is 11.3 Å². The average Bonchev–Trinajstić information content (AvgIpc) is 3.15. The van der Waals surface area contributed by atoms with Crippen molar-refractivity contribution in [3.8, 4) is 11.8 Å². The molecule has 1 fully saturated rings. The fourth-order valence-electron chi connectivity index (χ4n) is 2.42. The molecule has 0 spiro atoms. The molecule has 1 saturated carbocycles. The molecule has 7 heteroatoms. The van der Waals surface area contributed by atoms with E-state index < -0.39 is 15.4 Å². The Morgan fingerprint density at radius 3 is 2.65 bits per heavy atom. The van der Waals surface area contributed by atoms with Crippen molar-refractivity contribution in [2.24, 2.45) is 5.41 Å². The van der Waals surface area contributed by atoms with Crippen LogP contribution in [0.2, 0.25) is 0 Å². The van der Waals surface area contributed by atoms with Gasteiger partial charge in [-0.2, -0.15) is 10.4 Å². The Kier molecular flexibility index (Phi) is 3.96. The molecule has 1 aromatic carbocycles. The molecule has 1 aliphatic carbocycles. The summed E-state index contributed by atoms with van der Waals surface area (Å²) in [6.45, 7) is 0.247. The van der Waals surface area contributed by atoms with Gasteiger partial charge in [0.05, 0.1) is 29.1 Å². The molecule has 3 rings (SSSR count). The number of rotatable bonds is 6. The van der Waals surface area contributed by atoms with Gasteiger partial charge < -0.3 is 0 Å². The largest absolute Gasteiger partial charge is 0.241 e. The van der Waals surface area contributed by atoms with Gasteiger partial charge in [0.25, 0.3) is 0 Å². The Bertz CT molecular complexity index is 832. The molecule has 0 aliphatic heterocycles. The van der Waals surface area contributed by atoms with Crippen LogP contribution in [0.5, 0.6) is 0 Å². The molecule has 6 nitrogen and oxygen atoms in total. The van der Waals surface area contributed by atoms with Gasteiger partial charge in [-0.25, -0.2) is 17.4 Å². The molecular formula is C16H18N4O2S. The lowest BCUT2D eigenvalue weighted by Crippen LogP contribution is -2.32. The van der Waals surface area contributed by atoms with E-state index in [-0.39, 0.29) is 12.3 Å². The topological polar surface area (TPSA) is 79.0 Å². The van der Waals surface area contributed by atoms with Crippen LogP contribution in [-0.4, -0.2) is 35.3 Å². The Morgan fingerprint density at radius 2 is 2.04 bits per heavy atom. The molecule has 0 amide bonds. The first-order chi connectivity index (χ1) is 10.9. The molecule has 2 aromatic rings. The highest BCUT2D eigenvalue weighted by Crippen LogP contribution is 2.46. The summed E-state index contributed by atoms with van der Waals surface area (Å²) in [5.41, 5.74) is 1.06. The number of nitrogens with zero attached hydrogens (tertiary/aromatic N) is 4.